The van der Waals surface area contributed by atoms with Crippen molar-refractivity contribution in [2.75, 3.05) is 18.4 Å². The van der Waals surface area contributed by atoms with Gasteiger partial charge in [0.1, 0.15) is 11.5 Å². The van der Waals surface area contributed by atoms with Gasteiger partial charge in [-0.15, -0.1) is 0 Å². The molecule has 160 valence electrons. The SMILES string of the molecule is CC(C)=NC(=O)N1CC=C(c2cc3c(Nc4ccc(F)c(CI)c4)ccnc3[nH]2)CC1. The van der Waals surface area contributed by atoms with E-state index in [1.165, 1.54) is 6.07 Å². The average molecular weight is 531 g/mol. The number of halogens is 2. The number of hydrogen-bond donors (Lipinski definition) is 2. The lowest BCUT2D eigenvalue weighted by Gasteiger charge is -2.24. The van der Waals surface area contributed by atoms with Crippen molar-refractivity contribution in [2.45, 2.75) is 24.7 Å². The monoisotopic (exact) mass is 531 g/mol. The van der Waals surface area contributed by atoms with Crippen molar-refractivity contribution in [1.29, 1.82) is 0 Å². The van der Waals surface area contributed by atoms with Gasteiger partial charge in [-0.05, 0) is 61.7 Å². The Bertz CT molecular complexity index is 1200. The van der Waals surface area contributed by atoms with E-state index in [1.54, 1.807) is 17.2 Å². The van der Waals surface area contributed by atoms with Crippen LogP contribution in [0.4, 0.5) is 20.6 Å². The van der Waals surface area contributed by atoms with E-state index in [9.17, 15) is 9.18 Å². The molecule has 0 bridgehead atoms. The minimum atomic E-state index is -0.194. The molecule has 0 saturated heterocycles. The zero-order chi connectivity index (χ0) is 22.0. The molecule has 3 aromatic rings. The number of fused-ring (bicyclic) bond motifs is 1. The lowest BCUT2D eigenvalue weighted by molar-refractivity contribution is 0.213. The molecule has 0 saturated carbocycles. The van der Waals surface area contributed by atoms with Crippen LogP contribution in [0, 0.1) is 5.82 Å². The molecule has 4 rings (SSSR count). The molecule has 0 atom stereocenters. The summed E-state index contributed by atoms with van der Waals surface area (Å²) in [7, 11) is 0. The van der Waals surface area contributed by atoms with Gasteiger partial charge in [0.25, 0.3) is 0 Å². The molecule has 2 N–H and O–H groups in total. The first-order valence-corrected chi connectivity index (χ1v) is 11.6. The minimum absolute atomic E-state index is 0.190. The second-order valence-corrected chi connectivity index (χ2v) is 8.40. The highest BCUT2D eigenvalue weighted by atomic mass is 127. The number of alkyl halides is 1. The lowest BCUT2D eigenvalue weighted by atomic mass is 10.0. The number of hydrogen-bond acceptors (Lipinski definition) is 3. The quantitative estimate of drug-likeness (QED) is 0.244. The smallest absolute Gasteiger partial charge is 0.343 e. The number of aromatic nitrogens is 2. The Morgan fingerprint density at radius 2 is 2.16 bits per heavy atom. The molecular formula is C23H23FIN5O. The second-order valence-electron chi connectivity index (χ2n) is 7.64. The summed E-state index contributed by atoms with van der Waals surface area (Å²) in [6.07, 6.45) is 4.55. The number of carbonyl (C=O) groups is 1. The van der Waals surface area contributed by atoms with E-state index < -0.39 is 0 Å². The third kappa shape index (κ3) is 4.79. The van der Waals surface area contributed by atoms with E-state index in [0.29, 0.717) is 23.1 Å². The first kappa shape index (κ1) is 21.5. The van der Waals surface area contributed by atoms with Crippen LogP contribution in [-0.4, -0.2) is 39.7 Å². The average Bonchev–Trinajstić information content (AvgIpc) is 3.20. The number of H-pyrrole nitrogens is 1. The molecule has 1 aliphatic rings. The number of rotatable bonds is 4. The van der Waals surface area contributed by atoms with Gasteiger partial charge in [0.2, 0.25) is 0 Å². The van der Waals surface area contributed by atoms with Gasteiger partial charge in [-0.1, -0.05) is 28.7 Å². The number of amides is 2. The van der Waals surface area contributed by atoms with E-state index in [2.05, 4.69) is 55.0 Å². The highest BCUT2D eigenvalue weighted by Crippen LogP contribution is 2.31. The van der Waals surface area contributed by atoms with Crippen LogP contribution in [0.3, 0.4) is 0 Å². The molecule has 0 fully saturated rings. The van der Waals surface area contributed by atoms with Gasteiger partial charge in [0, 0.05) is 46.2 Å². The standard InChI is InChI=1S/C23H23FIN5O/c1-14(2)27-23(31)30-9-6-15(7-10-30)21-12-18-20(5-8-26-22(18)29-21)28-17-3-4-19(24)16(11-17)13-25/h3-6,8,11-12H,7,9-10,13H2,1-2H3,(H2,26,28,29). The van der Waals surface area contributed by atoms with E-state index in [4.69, 9.17) is 0 Å². The Balaban J connectivity index is 1.58. The second kappa shape index (κ2) is 9.17. The van der Waals surface area contributed by atoms with Crippen molar-refractivity contribution >= 4 is 62.3 Å². The van der Waals surface area contributed by atoms with Crippen LogP contribution in [0.25, 0.3) is 16.6 Å². The van der Waals surface area contributed by atoms with Crippen molar-refractivity contribution in [3.63, 3.8) is 0 Å². The largest absolute Gasteiger partial charge is 0.355 e. The number of anilines is 2. The van der Waals surface area contributed by atoms with Gasteiger partial charge in [0.15, 0.2) is 0 Å². The summed E-state index contributed by atoms with van der Waals surface area (Å²) in [5, 5.41) is 4.35. The first-order valence-electron chi connectivity index (χ1n) is 10.0. The minimum Gasteiger partial charge on any atom is -0.355 e. The van der Waals surface area contributed by atoms with Crippen molar-refractivity contribution in [3.05, 3.63) is 59.7 Å². The maximum Gasteiger partial charge on any atom is 0.343 e. The summed E-state index contributed by atoms with van der Waals surface area (Å²) >= 11 is 2.16. The summed E-state index contributed by atoms with van der Waals surface area (Å²) in [6.45, 7) is 4.80. The van der Waals surface area contributed by atoms with Crippen molar-refractivity contribution in [2.24, 2.45) is 4.99 Å². The summed E-state index contributed by atoms with van der Waals surface area (Å²) in [4.78, 5) is 25.7. The van der Waals surface area contributed by atoms with E-state index in [-0.39, 0.29) is 11.8 Å². The fraction of sp³-hybridized carbons (Fsp3) is 0.261. The summed E-state index contributed by atoms with van der Waals surface area (Å²) in [6, 6.07) is 8.85. The number of urea groups is 1. The fourth-order valence-corrected chi connectivity index (χ4v) is 4.15. The molecule has 0 unspecified atom stereocenters. The molecule has 2 aromatic heterocycles. The maximum atomic E-state index is 13.8. The van der Waals surface area contributed by atoms with Crippen LogP contribution in [-0.2, 0) is 4.43 Å². The van der Waals surface area contributed by atoms with Crippen LogP contribution in [0.5, 0.6) is 0 Å². The van der Waals surface area contributed by atoms with Gasteiger partial charge in [-0.25, -0.2) is 19.2 Å². The molecule has 0 aliphatic carbocycles. The van der Waals surface area contributed by atoms with E-state index in [0.717, 1.165) is 45.8 Å². The third-order valence-corrected chi connectivity index (χ3v) is 5.97. The molecule has 8 heteroatoms. The Morgan fingerprint density at radius 1 is 1.32 bits per heavy atom. The summed E-state index contributed by atoms with van der Waals surface area (Å²) in [5.74, 6) is -0.194. The molecule has 1 aromatic carbocycles. The van der Waals surface area contributed by atoms with Gasteiger partial charge < -0.3 is 15.2 Å². The van der Waals surface area contributed by atoms with Gasteiger partial charge in [0.05, 0.1) is 5.69 Å². The number of nitrogens with one attached hydrogen (secondary N) is 2. The zero-order valence-corrected chi connectivity index (χ0v) is 19.5. The Morgan fingerprint density at radius 3 is 2.87 bits per heavy atom. The molecule has 3 heterocycles. The zero-order valence-electron chi connectivity index (χ0n) is 17.4. The van der Waals surface area contributed by atoms with Gasteiger partial charge in [-0.2, -0.15) is 0 Å². The first-order chi connectivity index (χ1) is 14.9. The summed E-state index contributed by atoms with van der Waals surface area (Å²) in [5.41, 5.74) is 6.08. The predicted molar refractivity (Wildman–Crippen MR) is 132 cm³/mol. The molecule has 0 spiro atoms. The number of aromatic amines is 1. The van der Waals surface area contributed by atoms with Gasteiger partial charge >= 0.3 is 6.03 Å². The van der Waals surface area contributed by atoms with Crippen LogP contribution in [0.15, 0.2) is 47.6 Å². The molecule has 0 radical (unpaired) electrons. The maximum absolute atomic E-state index is 13.8. The molecule has 1 aliphatic heterocycles. The predicted octanol–water partition coefficient (Wildman–Crippen LogP) is 6.07. The number of aliphatic imine (C=N–C) groups is 1. The molecule has 6 nitrogen and oxygen atoms in total. The van der Waals surface area contributed by atoms with Crippen LogP contribution < -0.4 is 5.32 Å². The summed E-state index contributed by atoms with van der Waals surface area (Å²) < 4.78 is 14.4. The van der Waals surface area contributed by atoms with Crippen molar-refractivity contribution in [3.8, 4) is 0 Å². The highest BCUT2D eigenvalue weighted by Gasteiger charge is 2.19. The lowest BCUT2D eigenvalue weighted by Crippen LogP contribution is -2.32. The number of benzene rings is 1. The van der Waals surface area contributed by atoms with E-state index >= 15 is 0 Å². The Kier molecular flexibility index (Phi) is 6.35. The van der Waals surface area contributed by atoms with Gasteiger partial charge in [-0.3, -0.25) is 0 Å². The fourth-order valence-electron chi connectivity index (χ4n) is 3.57. The van der Waals surface area contributed by atoms with Crippen molar-refractivity contribution in [1.82, 2.24) is 14.9 Å². The van der Waals surface area contributed by atoms with Crippen LogP contribution in [0.2, 0.25) is 0 Å². The van der Waals surface area contributed by atoms with Crippen molar-refractivity contribution < 1.29 is 9.18 Å². The Hall–Kier alpha value is -2.75. The number of carbonyl (C=O) groups excluding carboxylic acids is 1. The Labute approximate surface area is 193 Å². The van der Waals surface area contributed by atoms with Crippen LogP contribution in [0.1, 0.15) is 31.5 Å². The third-order valence-electron chi connectivity index (χ3n) is 5.15. The molecule has 2 amide bonds. The van der Waals surface area contributed by atoms with Crippen LogP contribution >= 0.6 is 22.6 Å². The molecule has 31 heavy (non-hydrogen) atoms. The normalized spacial score (nSPS) is 13.8. The topological polar surface area (TPSA) is 73.4 Å². The molecular weight excluding hydrogens is 508 g/mol. The number of pyridine rings is 1. The highest BCUT2D eigenvalue weighted by molar-refractivity contribution is 14.1. The van der Waals surface area contributed by atoms with E-state index in [1.807, 2.05) is 26.0 Å². The number of nitrogens with zero attached hydrogens (tertiary/aromatic N) is 3.